The van der Waals surface area contributed by atoms with Crippen LogP contribution in [0.3, 0.4) is 0 Å². The second kappa shape index (κ2) is 8.99. The predicted molar refractivity (Wildman–Crippen MR) is 120 cm³/mol. The molecule has 0 aliphatic carbocycles. The zero-order valence-corrected chi connectivity index (χ0v) is 18.7. The van der Waals surface area contributed by atoms with Crippen molar-refractivity contribution >= 4 is 11.0 Å². The molecule has 2 fully saturated rings. The lowest BCUT2D eigenvalue weighted by Gasteiger charge is -2.23. The molecule has 0 amide bonds. The minimum atomic E-state index is -0.101. The molecule has 5 rings (SSSR count). The summed E-state index contributed by atoms with van der Waals surface area (Å²) in [6.07, 6.45) is 6.33. The Morgan fingerprint density at radius 2 is 2.06 bits per heavy atom. The average molecular weight is 439 g/mol. The number of ether oxygens (including phenoxy) is 2. The molecule has 9 heteroatoms. The summed E-state index contributed by atoms with van der Waals surface area (Å²) in [5, 5.41) is 5.09. The summed E-state index contributed by atoms with van der Waals surface area (Å²) in [5.74, 6) is 2.01. The maximum absolute atomic E-state index is 12.9. The number of fused-ring (bicyclic) bond motifs is 1. The van der Waals surface area contributed by atoms with Crippen molar-refractivity contribution < 1.29 is 9.47 Å². The Morgan fingerprint density at radius 3 is 2.78 bits per heavy atom. The summed E-state index contributed by atoms with van der Waals surface area (Å²) >= 11 is 0. The molecule has 2 aliphatic rings. The number of methoxy groups -OCH3 is 1. The summed E-state index contributed by atoms with van der Waals surface area (Å²) in [7, 11) is 1.62. The molecular formula is C23H30N6O3. The number of pyridine rings is 1. The first-order valence-electron chi connectivity index (χ1n) is 11.4. The van der Waals surface area contributed by atoms with Gasteiger partial charge in [-0.3, -0.25) is 9.69 Å². The van der Waals surface area contributed by atoms with Crippen LogP contribution in [-0.4, -0.2) is 63.0 Å². The van der Waals surface area contributed by atoms with E-state index in [1.165, 1.54) is 0 Å². The highest BCUT2D eigenvalue weighted by Crippen LogP contribution is 2.34. The molecule has 2 saturated heterocycles. The SMILES string of the molecule is CC[C@@H]1CN(Cc2ccc(OC)nc2)C[C@H]1c1nc2c(cnn2C2CCOCC2)c(=O)[nH]1. The van der Waals surface area contributed by atoms with Gasteiger partial charge in [-0.1, -0.05) is 19.4 Å². The largest absolute Gasteiger partial charge is 0.481 e. The highest BCUT2D eigenvalue weighted by atomic mass is 16.5. The quantitative estimate of drug-likeness (QED) is 0.631. The Labute approximate surface area is 186 Å². The van der Waals surface area contributed by atoms with E-state index in [0.717, 1.165) is 63.5 Å². The zero-order valence-electron chi connectivity index (χ0n) is 18.7. The van der Waals surface area contributed by atoms with Crippen LogP contribution in [0.4, 0.5) is 0 Å². The van der Waals surface area contributed by atoms with Crippen molar-refractivity contribution in [3.63, 3.8) is 0 Å². The number of hydrogen-bond acceptors (Lipinski definition) is 7. The van der Waals surface area contributed by atoms with Crippen LogP contribution >= 0.6 is 0 Å². The fourth-order valence-corrected chi connectivity index (χ4v) is 5.02. The van der Waals surface area contributed by atoms with Crippen molar-refractivity contribution in [1.29, 1.82) is 0 Å². The molecule has 32 heavy (non-hydrogen) atoms. The molecular weight excluding hydrogens is 408 g/mol. The van der Waals surface area contributed by atoms with Gasteiger partial charge >= 0.3 is 0 Å². The molecule has 0 aromatic carbocycles. The third kappa shape index (κ3) is 4.02. The van der Waals surface area contributed by atoms with Gasteiger partial charge in [-0.05, 0) is 24.3 Å². The van der Waals surface area contributed by atoms with Crippen molar-refractivity contribution in [2.24, 2.45) is 5.92 Å². The van der Waals surface area contributed by atoms with E-state index in [9.17, 15) is 4.79 Å². The highest BCUT2D eigenvalue weighted by molar-refractivity contribution is 5.73. The number of nitrogens with zero attached hydrogens (tertiary/aromatic N) is 5. The second-order valence-corrected chi connectivity index (χ2v) is 8.80. The van der Waals surface area contributed by atoms with Gasteiger partial charge in [0, 0.05) is 51.0 Å². The Morgan fingerprint density at radius 1 is 1.22 bits per heavy atom. The van der Waals surface area contributed by atoms with Crippen LogP contribution in [-0.2, 0) is 11.3 Å². The number of aromatic amines is 1. The molecule has 2 aliphatic heterocycles. The fourth-order valence-electron chi connectivity index (χ4n) is 5.02. The summed E-state index contributed by atoms with van der Waals surface area (Å²) < 4.78 is 12.6. The minimum absolute atomic E-state index is 0.101. The summed E-state index contributed by atoms with van der Waals surface area (Å²) in [6.45, 7) is 6.28. The van der Waals surface area contributed by atoms with Crippen LogP contribution in [0.1, 0.15) is 49.5 Å². The van der Waals surface area contributed by atoms with Gasteiger partial charge in [0.05, 0.1) is 19.3 Å². The molecule has 0 bridgehead atoms. The number of hydrogen-bond donors (Lipinski definition) is 1. The first-order chi connectivity index (χ1) is 15.7. The monoisotopic (exact) mass is 438 g/mol. The molecule has 0 saturated carbocycles. The van der Waals surface area contributed by atoms with E-state index >= 15 is 0 Å². The van der Waals surface area contributed by atoms with Gasteiger partial charge in [0.15, 0.2) is 5.65 Å². The smallest absolute Gasteiger partial charge is 0.262 e. The van der Waals surface area contributed by atoms with Crippen LogP contribution in [0.25, 0.3) is 11.0 Å². The third-order valence-electron chi connectivity index (χ3n) is 6.82. The van der Waals surface area contributed by atoms with Gasteiger partial charge in [0.1, 0.15) is 11.2 Å². The fraction of sp³-hybridized carbons (Fsp3) is 0.565. The van der Waals surface area contributed by atoms with Gasteiger partial charge in [0.25, 0.3) is 5.56 Å². The van der Waals surface area contributed by atoms with E-state index in [4.69, 9.17) is 14.5 Å². The van der Waals surface area contributed by atoms with Crippen molar-refractivity contribution in [2.75, 3.05) is 33.4 Å². The van der Waals surface area contributed by atoms with Crippen molar-refractivity contribution in [3.05, 3.63) is 46.3 Å². The topological polar surface area (TPSA) is 98.2 Å². The summed E-state index contributed by atoms with van der Waals surface area (Å²) in [6, 6.07) is 4.18. The van der Waals surface area contributed by atoms with Crippen molar-refractivity contribution in [1.82, 2.24) is 29.6 Å². The molecule has 3 aromatic rings. The summed E-state index contributed by atoms with van der Waals surface area (Å²) in [4.78, 5) is 27.7. The van der Waals surface area contributed by atoms with E-state index in [0.29, 0.717) is 22.8 Å². The van der Waals surface area contributed by atoms with Crippen LogP contribution < -0.4 is 10.3 Å². The van der Waals surface area contributed by atoms with E-state index in [1.54, 1.807) is 13.3 Å². The third-order valence-corrected chi connectivity index (χ3v) is 6.82. The second-order valence-electron chi connectivity index (χ2n) is 8.80. The molecule has 170 valence electrons. The van der Waals surface area contributed by atoms with E-state index in [-0.39, 0.29) is 17.5 Å². The Hall–Kier alpha value is -2.78. The first-order valence-corrected chi connectivity index (χ1v) is 11.4. The molecule has 1 N–H and O–H groups in total. The predicted octanol–water partition coefficient (Wildman–Crippen LogP) is 2.50. The Balaban J connectivity index is 1.41. The summed E-state index contributed by atoms with van der Waals surface area (Å²) in [5.41, 5.74) is 1.75. The lowest BCUT2D eigenvalue weighted by atomic mass is 9.93. The molecule has 0 unspecified atom stereocenters. The number of nitrogens with one attached hydrogen (secondary N) is 1. The van der Waals surface area contributed by atoms with Crippen LogP contribution in [0.5, 0.6) is 5.88 Å². The molecule has 9 nitrogen and oxygen atoms in total. The molecule has 2 atom stereocenters. The first kappa shape index (κ1) is 21.1. The highest BCUT2D eigenvalue weighted by Gasteiger charge is 2.35. The Kier molecular flexibility index (Phi) is 5.93. The van der Waals surface area contributed by atoms with Gasteiger partial charge in [-0.2, -0.15) is 5.10 Å². The number of aromatic nitrogens is 5. The van der Waals surface area contributed by atoms with Gasteiger partial charge in [-0.25, -0.2) is 14.6 Å². The number of rotatable bonds is 6. The maximum atomic E-state index is 12.9. The van der Waals surface area contributed by atoms with E-state index < -0.39 is 0 Å². The van der Waals surface area contributed by atoms with Crippen molar-refractivity contribution in [2.45, 2.75) is 44.7 Å². The van der Waals surface area contributed by atoms with Gasteiger partial charge in [0.2, 0.25) is 5.88 Å². The van der Waals surface area contributed by atoms with Crippen LogP contribution in [0.2, 0.25) is 0 Å². The lowest BCUT2D eigenvalue weighted by molar-refractivity contribution is 0.0673. The molecule has 0 radical (unpaired) electrons. The number of likely N-dealkylation sites (tertiary alicyclic amines) is 1. The normalized spacial score (nSPS) is 22.6. The number of H-pyrrole nitrogens is 1. The van der Waals surface area contributed by atoms with E-state index in [2.05, 4.69) is 33.0 Å². The average Bonchev–Trinajstić information content (AvgIpc) is 3.44. The van der Waals surface area contributed by atoms with Gasteiger partial charge in [-0.15, -0.1) is 0 Å². The van der Waals surface area contributed by atoms with Crippen LogP contribution in [0, 0.1) is 5.92 Å². The van der Waals surface area contributed by atoms with Crippen molar-refractivity contribution in [3.8, 4) is 5.88 Å². The molecule has 0 spiro atoms. The van der Waals surface area contributed by atoms with Crippen LogP contribution in [0.15, 0.2) is 29.3 Å². The molecule has 5 heterocycles. The van der Waals surface area contributed by atoms with E-state index in [1.807, 2.05) is 16.9 Å². The minimum Gasteiger partial charge on any atom is -0.481 e. The standard InChI is InChI=1S/C23H30N6O3/c1-3-16-13-28(12-15-4-5-20(31-2)24-10-15)14-19(16)21-26-22-18(23(30)27-21)11-25-29(22)17-6-8-32-9-7-17/h4-5,10-11,16-17,19H,3,6-9,12-14H2,1-2H3,(H,26,27,30)/t16-,19-/m1/s1. The Bertz CT molecular complexity index is 1120. The lowest BCUT2D eigenvalue weighted by Crippen LogP contribution is -2.23. The zero-order chi connectivity index (χ0) is 22.1. The maximum Gasteiger partial charge on any atom is 0.262 e. The molecule has 3 aromatic heterocycles. The van der Waals surface area contributed by atoms with Gasteiger partial charge < -0.3 is 14.5 Å².